The number of halogens is 1. The Morgan fingerprint density at radius 2 is 1.20 bits per heavy atom. The maximum Gasteiger partial charge on any atom is 0.410 e. The molecule has 0 atom stereocenters. The van der Waals surface area contributed by atoms with E-state index in [2.05, 4.69) is 30.8 Å². The number of rotatable bonds is 3. The SMILES string of the molecule is CC(N)=NO.COC(=O)C1CC2(CCN(C(=O)OC(C)(C)C)C2)C1.Cc1noc(C2CC3(CCN(C(=O)OC(C)(C)C)C3)C2)n1.Cc1noc(C2CC3(CCNC3)C2)n1.Cl. The topological polar surface area (TPSA) is 234 Å². The van der Waals surface area contributed by atoms with E-state index in [0.29, 0.717) is 29.6 Å². The number of likely N-dealkylation sites (tertiary alicyclic amines) is 2. The van der Waals surface area contributed by atoms with Crippen LogP contribution in [0.3, 0.4) is 0 Å². The molecular formula is C41H68ClN9O9. The molecule has 19 heteroatoms. The first-order valence-electron chi connectivity index (χ1n) is 20.8. The van der Waals surface area contributed by atoms with E-state index in [1.165, 1.54) is 46.4 Å². The van der Waals surface area contributed by atoms with E-state index >= 15 is 0 Å². The molecule has 338 valence electrons. The summed E-state index contributed by atoms with van der Waals surface area (Å²) in [7, 11) is 1.43. The molecule has 2 amide bonds. The van der Waals surface area contributed by atoms with Crippen molar-refractivity contribution in [2.75, 3.05) is 46.4 Å². The van der Waals surface area contributed by atoms with Crippen molar-refractivity contribution in [2.45, 2.75) is 143 Å². The molecule has 3 spiro atoms. The number of hydrogen-bond donors (Lipinski definition) is 3. The maximum atomic E-state index is 12.1. The van der Waals surface area contributed by atoms with Gasteiger partial charge in [0.05, 0.1) is 13.0 Å². The number of oxime groups is 1. The summed E-state index contributed by atoms with van der Waals surface area (Å²) in [5, 5.41) is 21.3. The van der Waals surface area contributed by atoms with Gasteiger partial charge in [0.1, 0.15) is 17.0 Å². The Hall–Kier alpha value is -4.19. The second-order valence-electron chi connectivity index (χ2n) is 19.7. The van der Waals surface area contributed by atoms with E-state index in [9.17, 15) is 14.4 Å². The molecule has 3 saturated carbocycles. The van der Waals surface area contributed by atoms with Crippen molar-refractivity contribution in [3.05, 3.63) is 23.4 Å². The summed E-state index contributed by atoms with van der Waals surface area (Å²) in [5.74, 6) is 3.99. The molecule has 3 aliphatic carbocycles. The van der Waals surface area contributed by atoms with Crippen LogP contribution in [0.5, 0.6) is 0 Å². The van der Waals surface area contributed by atoms with Crippen molar-refractivity contribution in [2.24, 2.45) is 33.1 Å². The Kier molecular flexibility index (Phi) is 15.5. The minimum absolute atomic E-state index is 0. The number of amidine groups is 1. The van der Waals surface area contributed by atoms with Gasteiger partial charge in [-0.1, -0.05) is 15.5 Å². The number of hydrogen-bond acceptors (Lipinski definition) is 15. The van der Waals surface area contributed by atoms with E-state index in [0.717, 1.165) is 75.8 Å². The highest BCUT2D eigenvalue weighted by Gasteiger charge is 2.53. The fourth-order valence-electron chi connectivity index (χ4n) is 9.24. The van der Waals surface area contributed by atoms with Crippen LogP contribution in [-0.2, 0) is 19.0 Å². The lowest BCUT2D eigenvalue weighted by atomic mass is 9.61. The minimum atomic E-state index is -0.457. The number of esters is 1. The first-order chi connectivity index (χ1) is 27.6. The van der Waals surface area contributed by atoms with Crippen molar-refractivity contribution in [1.82, 2.24) is 35.4 Å². The molecule has 0 radical (unpaired) electrons. The third kappa shape index (κ3) is 12.7. The Bertz CT molecular complexity index is 1770. The Balaban J connectivity index is 0.000000189. The fourth-order valence-corrected chi connectivity index (χ4v) is 9.24. The molecule has 6 fully saturated rings. The van der Waals surface area contributed by atoms with Gasteiger partial charge in [-0.3, -0.25) is 4.79 Å². The van der Waals surface area contributed by atoms with Crippen LogP contribution >= 0.6 is 12.4 Å². The minimum Gasteiger partial charge on any atom is -0.469 e. The number of nitrogens with one attached hydrogen (secondary N) is 1. The first-order valence-corrected chi connectivity index (χ1v) is 20.8. The highest BCUT2D eigenvalue weighted by Crippen LogP contribution is 2.56. The molecule has 2 aromatic heterocycles. The summed E-state index contributed by atoms with van der Waals surface area (Å²) < 4.78 is 26.0. The average Bonchev–Trinajstić information content (AvgIpc) is 3.95. The molecule has 0 aromatic carbocycles. The molecule has 3 aliphatic heterocycles. The smallest absolute Gasteiger partial charge is 0.410 e. The van der Waals surface area contributed by atoms with Gasteiger partial charge in [-0.15, -0.1) is 12.4 Å². The van der Waals surface area contributed by atoms with Gasteiger partial charge in [-0.2, -0.15) is 9.97 Å². The fraction of sp³-hybridized carbons (Fsp3) is 0.805. The molecule has 2 aromatic rings. The summed E-state index contributed by atoms with van der Waals surface area (Å²) in [6.45, 7) is 21.9. The number of amides is 2. The predicted molar refractivity (Wildman–Crippen MR) is 223 cm³/mol. The Labute approximate surface area is 359 Å². The number of carbonyl (C=O) groups excluding carboxylic acids is 3. The number of aromatic nitrogens is 4. The molecular weight excluding hydrogens is 798 g/mol. The molecule has 18 nitrogen and oxygen atoms in total. The third-order valence-electron chi connectivity index (χ3n) is 12.1. The number of aryl methyl sites for hydroxylation is 2. The zero-order valence-corrected chi connectivity index (χ0v) is 38.0. The van der Waals surface area contributed by atoms with Crippen molar-refractivity contribution in [1.29, 1.82) is 0 Å². The van der Waals surface area contributed by atoms with Crippen LogP contribution in [0, 0.1) is 36.0 Å². The zero-order valence-electron chi connectivity index (χ0n) is 37.2. The lowest BCUT2D eigenvalue weighted by molar-refractivity contribution is -0.153. The van der Waals surface area contributed by atoms with E-state index in [1.807, 2.05) is 60.3 Å². The van der Waals surface area contributed by atoms with E-state index in [4.69, 9.17) is 34.2 Å². The summed E-state index contributed by atoms with van der Waals surface area (Å²) in [5.41, 5.74) is 4.81. The number of ether oxygens (including phenoxy) is 3. The predicted octanol–water partition coefficient (Wildman–Crippen LogP) is 6.49. The third-order valence-corrected chi connectivity index (χ3v) is 12.1. The molecule has 0 bridgehead atoms. The lowest BCUT2D eigenvalue weighted by Crippen LogP contribution is -2.44. The molecule has 3 saturated heterocycles. The first kappa shape index (κ1) is 48.5. The second kappa shape index (κ2) is 19.2. The molecule has 5 heterocycles. The molecule has 6 aliphatic rings. The lowest BCUT2D eigenvalue weighted by Gasteiger charge is -2.43. The van der Waals surface area contributed by atoms with Gasteiger partial charge in [-0.05, 0) is 143 Å². The number of nitrogens with zero attached hydrogens (tertiary/aromatic N) is 7. The van der Waals surface area contributed by atoms with Crippen LogP contribution in [0.1, 0.15) is 142 Å². The average molecular weight is 867 g/mol. The van der Waals surface area contributed by atoms with Crippen molar-refractivity contribution >= 4 is 36.4 Å². The van der Waals surface area contributed by atoms with Gasteiger partial charge in [0.25, 0.3) is 0 Å². The summed E-state index contributed by atoms with van der Waals surface area (Å²) in [6.07, 6.45) is 9.03. The van der Waals surface area contributed by atoms with Gasteiger partial charge in [0.15, 0.2) is 11.6 Å². The zero-order chi connectivity index (χ0) is 43.4. The van der Waals surface area contributed by atoms with Crippen LogP contribution in [-0.4, -0.2) is 117 Å². The molecule has 8 rings (SSSR count). The highest BCUT2D eigenvalue weighted by molar-refractivity contribution is 5.85. The van der Waals surface area contributed by atoms with Crippen molar-refractivity contribution < 1.29 is 42.8 Å². The van der Waals surface area contributed by atoms with Gasteiger partial charge in [0.2, 0.25) is 11.8 Å². The van der Waals surface area contributed by atoms with Gasteiger partial charge in [0, 0.05) is 44.6 Å². The summed E-state index contributed by atoms with van der Waals surface area (Å²) in [4.78, 5) is 47.7. The number of nitrogens with two attached hydrogens (primary N) is 1. The second-order valence-corrected chi connectivity index (χ2v) is 19.7. The van der Waals surface area contributed by atoms with Crippen LogP contribution in [0.2, 0.25) is 0 Å². The largest absolute Gasteiger partial charge is 0.469 e. The Morgan fingerprint density at radius 1 is 0.783 bits per heavy atom. The quantitative estimate of drug-likeness (QED) is 0.0747. The van der Waals surface area contributed by atoms with Crippen LogP contribution in [0.25, 0.3) is 0 Å². The van der Waals surface area contributed by atoms with Gasteiger partial charge < -0.3 is 49.3 Å². The highest BCUT2D eigenvalue weighted by atomic mass is 35.5. The van der Waals surface area contributed by atoms with Gasteiger partial charge in [-0.25, -0.2) is 9.59 Å². The number of carbonyl (C=O) groups is 3. The normalized spacial score (nSPS) is 29.0. The van der Waals surface area contributed by atoms with E-state index < -0.39 is 11.2 Å². The van der Waals surface area contributed by atoms with Gasteiger partial charge >= 0.3 is 18.2 Å². The van der Waals surface area contributed by atoms with Crippen LogP contribution in [0.15, 0.2) is 14.2 Å². The monoisotopic (exact) mass is 865 g/mol. The van der Waals surface area contributed by atoms with E-state index in [1.54, 1.807) is 4.90 Å². The van der Waals surface area contributed by atoms with Crippen molar-refractivity contribution in [3.8, 4) is 0 Å². The van der Waals surface area contributed by atoms with Crippen LogP contribution in [0.4, 0.5) is 9.59 Å². The maximum absolute atomic E-state index is 12.1. The Morgan fingerprint density at radius 3 is 1.53 bits per heavy atom. The summed E-state index contributed by atoms with van der Waals surface area (Å²) >= 11 is 0. The van der Waals surface area contributed by atoms with E-state index in [-0.39, 0.29) is 53.1 Å². The van der Waals surface area contributed by atoms with Crippen molar-refractivity contribution in [3.63, 3.8) is 0 Å². The standard InChI is InChI=1S/C15H23N3O3.C14H23NO4.C10H15N3O.C2H6N2O.ClH/c1-10-16-12(21-17-10)11-7-15(8-11)5-6-18(9-15)13(19)20-14(2,3)4;1-13(2,3)19-12(17)15-6-5-14(9-15)7-10(8-14)11(16)18-4;1-7-12-9(14-13-7)8-4-10(5-8)2-3-11-6-10;1-2(3)4-5;/h11H,5-9H2,1-4H3;10H,5-9H2,1-4H3;8,11H,2-6H2,1H3;5H,1H3,(H2,3,4);1H. The molecule has 4 N–H and O–H groups in total. The molecule has 60 heavy (non-hydrogen) atoms. The molecule has 0 unspecified atom stereocenters. The summed E-state index contributed by atoms with van der Waals surface area (Å²) in [6, 6.07) is 0. The number of methoxy groups -OCH3 is 1. The van der Waals surface area contributed by atoms with Crippen LogP contribution < -0.4 is 11.1 Å².